The highest BCUT2D eigenvalue weighted by Crippen LogP contribution is 2.33. The summed E-state index contributed by atoms with van der Waals surface area (Å²) < 4.78 is 2.70. The summed E-state index contributed by atoms with van der Waals surface area (Å²) in [6.07, 6.45) is 1.81. The summed E-state index contributed by atoms with van der Waals surface area (Å²) in [7, 11) is 3.95. The number of halogens is 2. The Labute approximate surface area is 167 Å². The first-order chi connectivity index (χ1) is 12.0. The van der Waals surface area contributed by atoms with Gasteiger partial charge in [0.05, 0.1) is 9.72 Å². The predicted octanol–water partition coefficient (Wildman–Crippen LogP) is 3.80. The molecule has 0 aliphatic carbocycles. The predicted molar refractivity (Wildman–Crippen MR) is 110 cm³/mol. The molecular weight excluding hydrogens is 393 g/mol. The van der Waals surface area contributed by atoms with Gasteiger partial charge >= 0.3 is 0 Å². The molecule has 0 N–H and O–H groups in total. The molecule has 0 radical (unpaired) electrons. The number of hydrogen-bond acceptors (Lipinski definition) is 5. The average Bonchev–Trinajstić information content (AvgIpc) is 3.22. The van der Waals surface area contributed by atoms with Gasteiger partial charge < -0.3 is 4.90 Å². The summed E-state index contributed by atoms with van der Waals surface area (Å²) in [6.45, 7) is 3.97. The molecule has 1 aromatic carbocycles. The molecule has 6 nitrogen and oxygen atoms in total. The van der Waals surface area contributed by atoms with Gasteiger partial charge in [0.1, 0.15) is 5.52 Å². The summed E-state index contributed by atoms with van der Waals surface area (Å²) in [5.41, 5.74) is 1.15. The molecule has 3 aromatic rings. The van der Waals surface area contributed by atoms with Crippen LogP contribution in [0.3, 0.4) is 0 Å². The van der Waals surface area contributed by atoms with E-state index in [-0.39, 0.29) is 18.3 Å². The van der Waals surface area contributed by atoms with Crippen LogP contribution in [0.1, 0.15) is 17.4 Å². The molecule has 0 saturated heterocycles. The first-order valence-corrected chi connectivity index (χ1v) is 9.24. The van der Waals surface area contributed by atoms with Gasteiger partial charge in [0.15, 0.2) is 10.8 Å². The van der Waals surface area contributed by atoms with Crippen LogP contribution >= 0.6 is 35.3 Å². The molecule has 0 bridgehead atoms. The van der Waals surface area contributed by atoms with Crippen molar-refractivity contribution in [3.63, 3.8) is 0 Å². The van der Waals surface area contributed by atoms with E-state index in [9.17, 15) is 4.79 Å². The first kappa shape index (κ1) is 20.6. The molecule has 0 aliphatic rings. The smallest absolute Gasteiger partial charge is 0.280 e. The highest BCUT2D eigenvalue weighted by molar-refractivity contribution is 7.22. The number of rotatable bonds is 6. The molecular formula is C17H21Cl2N5OS. The number of para-hydroxylation sites is 1. The molecule has 3 rings (SSSR count). The SMILES string of the molecule is CCn1ccc(C(=O)N(CCN(C)C)c2nc3c(Cl)cccc3s2)n1.Cl. The molecule has 1 amide bonds. The third-order valence-corrected chi connectivity index (χ3v) is 5.14. The minimum atomic E-state index is -0.149. The van der Waals surface area contributed by atoms with E-state index in [2.05, 4.69) is 10.1 Å². The van der Waals surface area contributed by atoms with Crippen molar-refractivity contribution in [1.29, 1.82) is 0 Å². The maximum Gasteiger partial charge on any atom is 0.280 e. The van der Waals surface area contributed by atoms with E-state index in [0.717, 1.165) is 23.3 Å². The van der Waals surface area contributed by atoms with Gasteiger partial charge in [-0.2, -0.15) is 5.10 Å². The molecule has 9 heteroatoms. The van der Waals surface area contributed by atoms with Crippen LogP contribution < -0.4 is 4.90 Å². The van der Waals surface area contributed by atoms with Gasteiger partial charge in [0.25, 0.3) is 5.91 Å². The number of amides is 1. The van der Waals surface area contributed by atoms with Crippen molar-refractivity contribution in [1.82, 2.24) is 19.7 Å². The van der Waals surface area contributed by atoms with Gasteiger partial charge in [-0.1, -0.05) is 29.0 Å². The fourth-order valence-corrected chi connectivity index (χ4v) is 3.68. The Hall–Kier alpha value is -1.67. The second kappa shape index (κ2) is 8.81. The minimum absolute atomic E-state index is 0. The van der Waals surface area contributed by atoms with E-state index in [1.54, 1.807) is 15.6 Å². The number of nitrogens with zero attached hydrogens (tertiary/aromatic N) is 5. The molecule has 0 atom stereocenters. The number of hydrogen-bond donors (Lipinski definition) is 0. The van der Waals surface area contributed by atoms with E-state index in [1.165, 1.54) is 11.3 Å². The van der Waals surface area contributed by atoms with E-state index in [1.807, 2.05) is 50.3 Å². The zero-order valence-electron chi connectivity index (χ0n) is 14.8. The number of likely N-dealkylation sites (N-methyl/N-ethyl adjacent to an activating group) is 1. The number of anilines is 1. The highest BCUT2D eigenvalue weighted by Gasteiger charge is 2.23. The number of aryl methyl sites for hydroxylation is 1. The Bertz CT molecular complexity index is 892. The number of aromatic nitrogens is 3. The number of benzene rings is 1. The van der Waals surface area contributed by atoms with Crippen molar-refractivity contribution >= 4 is 56.6 Å². The average molecular weight is 414 g/mol. The van der Waals surface area contributed by atoms with Crippen LogP contribution in [0.15, 0.2) is 30.5 Å². The molecule has 0 spiro atoms. The summed E-state index contributed by atoms with van der Waals surface area (Å²) in [6, 6.07) is 7.40. The monoisotopic (exact) mass is 413 g/mol. The van der Waals surface area contributed by atoms with Gasteiger partial charge in [-0.25, -0.2) is 4.98 Å². The number of thiazole rings is 1. The Kier molecular flexibility index (Phi) is 7.00. The largest absolute Gasteiger partial charge is 0.308 e. The van der Waals surface area contributed by atoms with Gasteiger partial charge in [0.2, 0.25) is 0 Å². The summed E-state index contributed by atoms with van der Waals surface area (Å²) in [5.74, 6) is -0.149. The molecule has 140 valence electrons. The normalized spacial score (nSPS) is 11.0. The Morgan fingerprint density at radius 1 is 1.27 bits per heavy atom. The zero-order chi connectivity index (χ0) is 18.0. The van der Waals surface area contributed by atoms with Crippen LogP contribution in [-0.4, -0.2) is 52.8 Å². The fraction of sp³-hybridized carbons (Fsp3) is 0.353. The lowest BCUT2D eigenvalue weighted by atomic mass is 10.3. The summed E-state index contributed by atoms with van der Waals surface area (Å²) in [5, 5.41) is 5.57. The number of fused-ring (bicyclic) bond motifs is 1. The summed E-state index contributed by atoms with van der Waals surface area (Å²) >= 11 is 7.70. The second-order valence-corrected chi connectivity index (χ2v) is 7.32. The van der Waals surface area contributed by atoms with Crippen LogP contribution in [0.5, 0.6) is 0 Å². The Balaban J connectivity index is 0.00000243. The molecule has 0 fully saturated rings. The molecule has 0 unspecified atom stereocenters. The summed E-state index contributed by atoms with van der Waals surface area (Å²) in [4.78, 5) is 21.3. The van der Waals surface area contributed by atoms with Crippen molar-refractivity contribution in [2.24, 2.45) is 0 Å². The van der Waals surface area contributed by atoms with Gasteiger partial charge in [-0.15, -0.1) is 12.4 Å². The van der Waals surface area contributed by atoms with Crippen molar-refractivity contribution in [2.75, 3.05) is 32.1 Å². The lowest BCUT2D eigenvalue weighted by Gasteiger charge is -2.21. The van der Waals surface area contributed by atoms with Crippen LogP contribution in [0, 0.1) is 0 Å². The zero-order valence-corrected chi connectivity index (χ0v) is 17.2. The number of carbonyl (C=O) groups excluding carboxylic acids is 1. The van der Waals surface area contributed by atoms with Crippen molar-refractivity contribution in [2.45, 2.75) is 13.5 Å². The van der Waals surface area contributed by atoms with E-state index in [4.69, 9.17) is 11.6 Å². The van der Waals surface area contributed by atoms with Crippen LogP contribution in [-0.2, 0) is 6.54 Å². The lowest BCUT2D eigenvalue weighted by Crippen LogP contribution is -2.37. The third-order valence-electron chi connectivity index (χ3n) is 3.79. The van der Waals surface area contributed by atoms with Gasteiger partial charge in [-0.05, 0) is 39.2 Å². The maximum atomic E-state index is 13.0. The highest BCUT2D eigenvalue weighted by atomic mass is 35.5. The minimum Gasteiger partial charge on any atom is -0.308 e. The van der Waals surface area contributed by atoms with Crippen molar-refractivity contribution in [3.05, 3.63) is 41.2 Å². The van der Waals surface area contributed by atoms with E-state index in [0.29, 0.717) is 22.4 Å². The van der Waals surface area contributed by atoms with E-state index >= 15 is 0 Å². The number of carbonyl (C=O) groups is 1. The Morgan fingerprint density at radius 3 is 2.65 bits per heavy atom. The molecule has 2 heterocycles. The first-order valence-electron chi connectivity index (χ1n) is 8.04. The topological polar surface area (TPSA) is 54.3 Å². The van der Waals surface area contributed by atoms with Crippen LogP contribution in [0.4, 0.5) is 5.13 Å². The standard InChI is InChI=1S/C17H20ClN5OS.ClH/c1-4-22-9-8-13(20-22)16(24)23(11-10-21(2)3)17-19-15-12(18)6-5-7-14(15)25-17;/h5-9H,4,10-11H2,1-3H3;1H. The maximum absolute atomic E-state index is 13.0. The lowest BCUT2D eigenvalue weighted by molar-refractivity contribution is 0.0979. The molecule has 26 heavy (non-hydrogen) atoms. The van der Waals surface area contributed by atoms with Gasteiger partial charge in [0, 0.05) is 25.8 Å². The molecule has 0 aliphatic heterocycles. The molecule has 0 saturated carbocycles. The van der Waals surface area contributed by atoms with E-state index < -0.39 is 0 Å². The molecule has 2 aromatic heterocycles. The third kappa shape index (κ3) is 4.35. The van der Waals surface area contributed by atoms with Crippen LogP contribution in [0.25, 0.3) is 10.2 Å². The van der Waals surface area contributed by atoms with Crippen LogP contribution in [0.2, 0.25) is 5.02 Å². The van der Waals surface area contributed by atoms with Crippen molar-refractivity contribution in [3.8, 4) is 0 Å². The quantitative estimate of drug-likeness (QED) is 0.616. The fourth-order valence-electron chi connectivity index (χ4n) is 2.39. The van der Waals surface area contributed by atoms with Crippen molar-refractivity contribution < 1.29 is 4.79 Å². The Morgan fingerprint density at radius 2 is 2.04 bits per heavy atom. The second-order valence-electron chi connectivity index (χ2n) is 5.90. The van der Waals surface area contributed by atoms with Gasteiger partial charge in [-0.3, -0.25) is 14.4 Å².